The molecule has 1 fully saturated rings. The summed E-state index contributed by atoms with van der Waals surface area (Å²) in [5.41, 5.74) is 5.76. The van der Waals surface area contributed by atoms with Gasteiger partial charge < -0.3 is 16.0 Å². The van der Waals surface area contributed by atoms with E-state index in [4.69, 9.17) is 5.73 Å². The third-order valence-corrected chi connectivity index (χ3v) is 4.03. The lowest BCUT2D eigenvalue weighted by Gasteiger charge is -2.15. The third-order valence-electron chi connectivity index (χ3n) is 3.12. The van der Waals surface area contributed by atoms with Crippen molar-refractivity contribution in [3.8, 4) is 0 Å². The maximum atomic E-state index is 5.76. The van der Waals surface area contributed by atoms with Crippen LogP contribution in [0.4, 0.5) is 17.8 Å². The van der Waals surface area contributed by atoms with E-state index < -0.39 is 0 Å². The number of nitrogens with one attached hydrogen (secondary N) is 1. The zero-order valence-electron chi connectivity index (χ0n) is 11.3. The highest BCUT2D eigenvalue weighted by atomic mass is 32.1. The van der Waals surface area contributed by atoms with Gasteiger partial charge in [0, 0.05) is 24.2 Å². The molecular weight excluding hydrogens is 274 g/mol. The van der Waals surface area contributed by atoms with Crippen LogP contribution in [-0.2, 0) is 6.54 Å². The molecule has 20 heavy (non-hydrogen) atoms. The first-order chi connectivity index (χ1) is 9.70. The number of anilines is 3. The van der Waals surface area contributed by atoms with E-state index in [1.54, 1.807) is 11.3 Å². The van der Waals surface area contributed by atoms with Crippen molar-refractivity contribution in [1.82, 2.24) is 19.9 Å². The zero-order chi connectivity index (χ0) is 13.9. The quantitative estimate of drug-likeness (QED) is 0.880. The normalized spacial score (nSPS) is 14.8. The minimum atomic E-state index is 0.255. The smallest absolute Gasteiger partial charge is 0.231 e. The highest BCUT2D eigenvalue weighted by Crippen LogP contribution is 2.18. The van der Waals surface area contributed by atoms with E-state index in [2.05, 4.69) is 30.2 Å². The predicted molar refractivity (Wildman–Crippen MR) is 79.9 cm³/mol. The van der Waals surface area contributed by atoms with Crippen molar-refractivity contribution in [2.24, 2.45) is 0 Å². The number of hydrogen-bond donors (Lipinski definition) is 2. The molecule has 3 heterocycles. The Labute approximate surface area is 121 Å². The second-order valence-corrected chi connectivity index (χ2v) is 6.03. The Kier molecular flexibility index (Phi) is 3.64. The zero-order valence-corrected chi connectivity index (χ0v) is 12.2. The molecule has 106 valence electrons. The second kappa shape index (κ2) is 5.58. The topological polar surface area (TPSA) is 92.8 Å². The lowest BCUT2D eigenvalue weighted by atomic mass is 10.4. The van der Waals surface area contributed by atoms with Crippen LogP contribution in [0.25, 0.3) is 0 Å². The molecule has 0 atom stereocenters. The molecule has 0 saturated carbocycles. The number of rotatable bonds is 4. The van der Waals surface area contributed by atoms with Gasteiger partial charge in [-0.05, 0) is 19.8 Å². The van der Waals surface area contributed by atoms with Gasteiger partial charge in [-0.3, -0.25) is 0 Å². The van der Waals surface area contributed by atoms with Gasteiger partial charge in [0.15, 0.2) is 0 Å². The molecule has 0 bridgehead atoms. The number of hydrogen-bond acceptors (Lipinski definition) is 8. The molecule has 0 spiro atoms. The van der Waals surface area contributed by atoms with Gasteiger partial charge in [0.25, 0.3) is 0 Å². The fourth-order valence-corrected chi connectivity index (χ4v) is 2.91. The van der Waals surface area contributed by atoms with Gasteiger partial charge in [-0.1, -0.05) is 0 Å². The van der Waals surface area contributed by atoms with Crippen molar-refractivity contribution in [2.75, 3.05) is 29.0 Å². The summed E-state index contributed by atoms with van der Waals surface area (Å²) in [6.45, 7) is 4.60. The van der Waals surface area contributed by atoms with Crippen LogP contribution in [-0.4, -0.2) is 33.0 Å². The Bertz CT molecular complexity index is 591. The molecule has 0 amide bonds. The summed E-state index contributed by atoms with van der Waals surface area (Å²) in [4.78, 5) is 20.3. The van der Waals surface area contributed by atoms with E-state index >= 15 is 0 Å². The average molecular weight is 291 g/mol. The van der Waals surface area contributed by atoms with Crippen LogP contribution in [0.1, 0.15) is 22.7 Å². The second-order valence-electron chi connectivity index (χ2n) is 4.71. The molecule has 0 aromatic carbocycles. The minimum Gasteiger partial charge on any atom is -0.368 e. The van der Waals surface area contributed by atoms with Crippen molar-refractivity contribution < 1.29 is 0 Å². The Balaban J connectivity index is 1.72. The lowest BCUT2D eigenvalue weighted by Crippen LogP contribution is -2.22. The predicted octanol–water partition coefficient (Wildman–Crippen LogP) is 1.43. The van der Waals surface area contributed by atoms with E-state index in [9.17, 15) is 0 Å². The first kappa shape index (κ1) is 13.0. The molecule has 2 aromatic heterocycles. The molecular formula is C12H17N7S. The average Bonchev–Trinajstić information content (AvgIpc) is 3.07. The van der Waals surface area contributed by atoms with Crippen LogP contribution in [0.3, 0.4) is 0 Å². The maximum absolute atomic E-state index is 5.76. The number of aromatic nitrogens is 4. The van der Waals surface area contributed by atoms with Crippen molar-refractivity contribution in [3.05, 3.63) is 16.1 Å². The SMILES string of the molecule is Cc1ncc(CNc2nc(N)nc(N3CCCC3)n2)s1. The van der Waals surface area contributed by atoms with Crippen LogP contribution in [0.2, 0.25) is 0 Å². The number of nitrogen functional groups attached to an aromatic ring is 1. The first-order valence-electron chi connectivity index (χ1n) is 6.62. The van der Waals surface area contributed by atoms with Crippen molar-refractivity contribution in [3.63, 3.8) is 0 Å². The van der Waals surface area contributed by atoms with Gasteiger partial charge in [-0.2, -0.15) is 15.0 Å². The van der Waals surface area contributed by atoms with Crippen LogP contribution < -0.4 is 16.0 Å². The molecule has 0 unspecified atom stereocenters. The van der Waals surface area contributed by atoms with Crippen LogP contribution >= 0.6 is 11.3 Å². The summed E-state index contributed by atoms with van der Waals surface area (Å²) >= 11 is 1.65. The Hall–Kier alpha value is -1.96. The van der Waals surface area contributed by atoms with E-state index in [-0.39, 0.29) is 5.95 Å². The van der Waals surface area contributed by atoms with Crippen molar-refractivity contribution >= 4 is 29.2 Å². The fraction of sp³-hybridized carbons (Fsp3) is 0.500. The molecule has 3 rings (SSSR count). The molecule has 1 saturated heterocycles. The molecule has 1 aliphatic heterocycles. The number of thiazole rings is 1. The minimum absolute atomic E-state index is 0.255. The summed E-state index contributed by atoms with van der Waals surface area (Å²) in [7, 11) is 0. The largest absolute Gasteiger partial charge is 0.368 e. The summed E-state index contributed by atoms with van der Waals surface area (Å²) in [6.07, 6.45) is 4.21. The monoisotopic (exact) mass is 291 g/mol. The summed E-state index contributed by atoms with van der Waals surface area (Å²) < 4.78 is 0. The van der Waals surface area contributed by atoms with E-state index in [0.717, 1.165) is 23.0 Å². The molecule has 1 aliphatic rings. The highest BCUT2D eigenvalue weighted by Gasteiger charge is 2.16. The lowest BCUT2D eigenvalue weighted by molar-refractivity contribution is 0.881. The van der Waals surface area contributed by atoms with E-state index in [0.29, 0.717) is 18.4 Å². The molecule has 7 nitrogen and oxygen atoms in total. The number of aryl methyl sites for hydroxylation is 1. The first-order valence-corrected chi connectivity index (χ1v) is 7.44. The third kappa shape index (κ3) is 2.96. The molecule has 8 heteroatoms. The maximum Gasteiger partial charge on any atom is 0.231 e. The molecule has 2 aromatic rings. The standard InChI is InChI=1S/C12H17N7S/c1-8-14-6-9(20-8)7-15-11-16-10(13)17-12(18-11)19-4-2-3-5-19/h6H,2-5,7H2,1H3,(H3,13,15,16,17,18). The Morgan fingerprint density at radius 1 is 1.30 bits per heavy atom. The van der Waals surface area contributed by atoms with Crippen LogP contribution in [0.5, 0.6) is 0 Å². The summed E-state index contributed by atoms with van der Waals surface area (Å²) in [5, 5.41) is 4.23. The van der Waals surface area contributed by atoms with Gasteiger partial charge in [0.05, 0.1) is 11.6 Å². The Morgan fingerprint density at radius 2 is 2.10 bits per heavy atom. The van der Waals surface area contributed by atoms with Crippen LogP contribution in [0, 0.1) is 6.92 Å². The molecule has 0 aliphatic carbocycles. The summed E-state index contributed by atoms with van der Waals surface area (Å²) in [5.74, 6) is 1.44. The van der Waals surface area contributed by atoms with Gasteiger partial charge in [0.1, 0.15) is 0 Å². The van der Waals surface area contributed by atoms with E-state index in [1.807, 2.05) is 13.1 Å². The van der Waals surface area contributed by atoms with Crippen LogP contribution in [0.15, 0.2) is 6.20 Å². The molecule has 0 radical (unpaired) electrons. The summed E-state index contributed by atoms with van der Waals surface area (Å²) in [6, 6.07) is 0. The highest BCUT2D eigenvalue weighted by molar-refractivity contribution is 7.11. The van der Waals surface area contributed by atoms with Crippen molar-refractivity contribution in [1.29, 1.82) is 0 Å². The Morgan fingerprint density at radius 3 is 2.80 bits per heavy atom. The fourth-order valence-electron chi connectivity index (χ4n) is 2.17. The van der Waals surface area contributed by atoms with Crippen molar-refractivity contribution in [2.45, 2.75) is 26.3 Å². The molecule has 3 N–H and O–H groups in total. The van der Waals surface area contributed by atoms with Gasteiger partial charge in [-0.25, -0.2) is 4.98 Å². The number of nitrogens with two attached hydrogens (primary N) is 1. The van der Waals surface area contributed by atoms with Gasteiger partial charge in [0.2, 0.25) is 17.8 Å². The van der Waals surface area contributed by atoms with Gasteiger partial charge in [-0.15, -0.1) is 11.3 Å². The van der Waals surface area contributed by atoms with E-state index in [1.165, 1.54) is 12.8 Å². The van der Waals surface area contributed by atoms with Gasteiger partial charge >= 0.3 is 0 Å². The number of nitrogens with zero attached hydrogens (tertiary/aromatic N) is 5.